The topological polar surface area (TPSA) is 435 Å². The van der Waals surface area contributed by atoms with Crippen LogP contribution in [0.15, 0.2) is 266 Å². The molecular formula is C92H94Cl4N19O11Y3-3. The fraction of sp³-hybridized carbons (Fsp3) is 0.130. The summed E-state index contributed by atoms with van der Waals surface area (Å²) < 4.78 is 17.0. The van der Waals surface area contributed by atoms with Gasteiger partial charge in [-0.2, -0.15) is 64.8 Å². The second-order valence-corrected chi connectivity index (χ2v) is 25.4. The molecule has 15 rings (SSSR count). The Morgan fingerprint density at radius 1 is 0.364 bits per heavy atom. The maximum atomic E-state index is 12.4. The number of amides is 4. The summed E-state index contributed by atoms with van der Waals surface area (Å²) in [5.74, 6) is -0.533. The predicted octanol–water partition coefficient (Wildman–Crippen LogP) is 22.8. The summed E-state index contributed by atoms with van der Waals surface area (Å²) in [5.41, 5.74) is 12.4. The number of carbonyl (C=O) groups excluding carboxylic acids is 7. The first kappa shape index (κ1) is 117. The van der Waals surface area contributed by atoms with Gasteiger partial charge in [0.1, 0.15) is 52.0 Å². The summed E-state index contributed by atoms with van der Waals surface area (Å²) in [4.78, 5) is 128. The molecule has 9 N–H and O–H groups in total. The quantitative estimate of drug-likeness (QED) is 0.0204. The van der Waals surface area contributed by atoms with Crippen LogP contribution in [0.25, 0.3) is 43.1 Å². The van der Waals surface area contributed by atoms with Crippen LogP contribution >= 0.6 is 46.4 Å². The van der Waals surface area contributed by atoms with Gasteiger partial charge in [0.2, 0.25) is 51.0 Å². The second kappa shape index (κ2) is 64.2. The van der Waals surface area contributed by atoms with Crippen molar-refractivity contribution < 1.29 is 151 Å². The number of nitrogens with two attached hydrogens (primary N) is 2. The number of halogens is 4. The number of para-hydroxylation sites is 3. The molecule has 663 valence electrons. The molecule has 0 bridgehead atoms. The monoisotopic (exact) mass is 2050 g/mol. The fourth-order valence-corrected chi connectivity index (χ4v) is 10.8. The van der Waals surface area contributed by atoms with E-state index in [2.05, 4.69) is 86.1 Å². The van der Waals surface area contributed by atoms with E-state index in [9.17, 15) is 33.6 Å². The normalized spacial score (nSPS) is 9.33. The molecule has 0 atom stereocenters. The first-order valence-corrected chi connectivity index (χ1v) is 39.1. The molecule has 0 saturated carbocycles. The van der Waals surface area contributed by atoms with Gasteiger partial charge in [-0.15, -0.1) is 0 Å². The summed E-state index contributed by atoms with van der Waals surface area (Å²) in [6.45, 7) is 17.4. The molecule has 0 fully saturated rings. The number of anilines is 6. The number of isocyanates is 1. The number of aliphatic imine (C=N–C) groups is 1. The molecule has 129 heavy (non-hydrogen) atoms. The van der Waals surface area contributed by atoms with Gasteiger partial charge in [-0.3, -0.25) is 29.8 Å². The number of rotatable bonds is 16. The summed E-state index contributed by atoms with van der Waals surface area (Å²) in [7, 11) is 0. The third-order valence-corrected chi connectivity index (χ3v) is 15.6. The molecule has 0 aliphatic carbocycles. The summed E-state index contributed by atoms with van der Waals surface area (Å²) in [6.07, 6.45) is 1.54. The fourth-order valence-electron chi connectivity index (χ4n) is 10.1. The van der Waals surface area contributed by atoms with Crippen LogP contribution in [0, 0.1) is 22.3 Å². The second-order valence-electron chi connectivity index (χ2n) is 24.0. The minimum absolute atomic E-state index is 0. The molecule has 0 spiro atoms. The first-order chi connectivity index (χ1) is 59.3. The number of urea groups is 2. The average molecular weight is 2050 g/mol. The van der Waals surface area contributed by atoms with E-state index in [-0.39, 0.29) is 207 Å². The number of nitrogens with one attached hydrogen (secondary N) is 4. The van der Waals surface area contributed by atoms with Crippen molar-refractivity contribution in [1.82, 2.24) is 59.8 Å². The molecule has 0 unspecified atom stereocenters. The number of phenols is 1. The standard InChI is InChI=1S/C25H21N5O4.C20H14ClN5O2.C13H9ClN4O.C10H8O.C7H5NO.C5H8O2.C3H2Cl2N4.3C2H6.3CH3.3Y/c1-15(31)21(16(2)32)22-27-23(29-24(33)26-19-10-4-3-5-11-19)30-25(28-22)34-20-13-12-17-8-6-7-9-18(17)14-20;21-17-23-18(25-19(27)22-15-8-2-1-3-9-15)26-20(24-17)28-16-11-10-13-6-4-5-7-14(13)12-16;14-11-16-12(15)18-13(17-11)19-10-6-5-8-3-1-2-4-9(8)7-10;11-10-6-5-8-3-1-2-4-9(8)7-10;9-6-8-7-4-2-1-3-5-7;1-4(6)3-5(2)7;4-1-7-2(5)9-3(6)8-1;3*1-2;;;;;;/h3-14,21H,1-2H3,(H2,26,27,28,29,30,33);1-12H,(H2,22,23,24,25,26,27);1-7H,(H2,15,16,17,18);1-7,11H;1-5H;3H2,1-2H3;(H2,6,7,8,9);3*1-2H3;3*1H3;;;/q;;;;;;;;;;3*-1;;;. The van der Waals surface area contributed by atoms with Crippen molar-refractivity contribution >= 4 is 172 Å². The summed E-state index contributed by atoms with van der Waals surface area (Å²) in [6, 6.07) is 79.2. The van der Waals surface area contributed by atoms with E-state index in [1.165, 1.54) is 33.8 Å². The predicted molar refractivity (Wildman–Crippen MR) is 502 cm³/mol. The Bertz CT molecular complexity index is 5960. The van der Waals surface area contributed by atoms with Crippen LogP contribution in [-0.2, 0) is 122 Å². The van der Waals surface area contributed by atoms with E-state index in [1.807, 2.05) is 224 Å². The minimum atomic E-state index is -1.21. The minimum Gasteiger partial charge on any atom is -0.508 e. The van der Waals surface area contributed by atoms with Crippen molar-refractivity contribution in [3.05, 3.63) is 310 Å². The number of aromatic nitrogens is 12. The maximum absolute atomic E-state index is 12.4. The number of Topliss-reactive ketones (excluding diaryl/α,β-unsaturated/α-hetero) is 4. The van der Waals surface area contributed by atoms with Crippen LogP contribution in [-0.4, -0.2) is 106 Å². The van der Waals surface area contributed by atoms with E-state index in [0.717, 1.165) is 43.1 Å². The zero-order chi connectivity index (χ0) is 89.6. The van der Waals surface area contributed by atoms with Crippen LogP contribution in [0.4, 0.5) is 50.4 Å². The van der Waals surface area contributed by atoms with Crippen LogP contribution < -0.4 is 46.9 Å². The molecule has 4 amide bonds. The van der Waals surface area contributed by atoms with Crippen LogP contribution in [0.3, 0.4) is 0 Å². The number of hydrogen-bond acceptors (Lipinski definition) is 26. The van der Waals surface area contributed by atoms with Crippen molar-refractivity contribution in [2.75, 3.05) is 32.7 Å². The van der Waals surface area contributed by atoms with E-state index in [0.29, 0.717) is 40.1 Å². The van der Waals surface area contributed by atoms with Crippen molar-refractivity contribution in [2.45, 2.75) is 81.6 Å². The Morgan fingerprint density at radius 2 is 0.667 bits per heavy atom. The molecule has 0 saturated heterocycles. The third kappa shape index (κ3) is 43.4. The number of phenolic OH excluding ortho intramolecular Hbond substituents is 1. The van der Waals surface area contributed by atoms with Gasteiger partial charge in [0, 0.05) is 110 Å². The molecule has 0 aliphatic rings. The van der Waals surface area contributed by atoms with Gasteiger partial charge >= 0.3 is 30.1 Å². The molecule has 0 aliphatic heterocycles. The van der Waals surface area contributed by atoms with Gasteiger partial charge in [-0.25, -0.2) is 14.4 Å². The number of carbonyl (C=O) groups is 6. The Morgan fingerprint density at radius 3 is 1.01 bits per heavy atom. The van der Waals surface area contributed by atoms with Crippen LogP contribution in [0.2, 0.25) is 21.1 Å². The number of aromatic hydroxyl groups is 1. The Kier molecular flexibility index (Phi) is 58.4. The Hall–Kier alpha value is -11.6. The van der Waals surface area contributed by atoms with Gasteiger partial charge in [0.15, 0.2) is 5.82 Å². The van der Waals surface area contributed by atoms with E-state index in [1.54, 1.807) is 78.9 Å². The van der Waals surface area contributed by atoms with Gasteiger partial charge in [-0.05, 0) is 202 Å². The van der Waals surface area contributed by atoms with E-state index < -0.39 is 29.5 Å². The van der Waals surface area contributed by atoms with Gasteiger partial charge < -0.3 is 63.7 Å². The van der Waals surface area contributed by atoms with Gasteiger partial charge in [-0.1, -0.05) is 217 Å². The number of fused-ring (bicyclic) bond motifs is 4. The van der Waals surface area contributed by atoms with E-state index in [4.69, 9.17) is 77.2 Å². The molecule has 3 radical (unpaired) electrons. The van der Waals surface area contributed by atoms with Gasteiger partial charge in [0.25, 0.3) is 0 Å². The first-order valence-electron chi connectivity index (χ1n) is 37.6. The molecule has 37 heteroatoms. The smallest absolute Gasteiger partial charge is 0.328 e. The molecule has 11 aromatic carbocycles. The third-order valence-electron chi connectivity index (χ3n) is 15.0. The zero-order valence-electron chi connectivity index (χ0n) is 72.9. The van der Waals surface area contributed by atoms with Crippen molar-refractivity contribution in [1.29, 1.82) is 0 Å². The number of hydrogen-bond donors (Lipinski definition) is 7. The zero-order valence-corrected chi connectivity index (χ0v) is 84.4. The van der Waals surface area contributed by atoms with Crippen molar-refractivity contribution in [3.8, 4) is 41.0 Å². The number of nitrogen functional groups attached to an aromatic ring is 2. The molecular weight excluding hydrogens is 1960 g/mol. The molecule has 15 aromatic rings. The number of ketones is 4. The Labute approximate surface area is 844 Å². The van der Waals surface area contributed by atoms with Crippen molar-refractivity contribution in [3.63, 3.8) is 0 Å². The summed E-state index contributed by atoms with van der Waals surface area (Å²) in [5, 5.41) is 27.9. The molecule has 4 aromatic heterocycles. The summed E-state index contributed by atoms with van der Waals surface area (Å²) >= 11 is 22.3. The SMILES string of the molecule is CC.CC.CC.CC(=O)C(C(C)=O)c1nc(NC(=O)Nc2ccccc2)nc(Oc2ccc3ccccc3c2)n1.CC(=O)CC(C)=O.Nc1nc(Cl)nc(Cl)n1.Nc1nc(Cl)nc(Oc2ccc3ccccc3c2)n1.O=C(Nc1ccccc1)Nc1nc(Cl)nc(Oc2ccc3ccccc3c2)n1.O=C=Nc1ccccc1.Oc1ccc2ccccc2c1.[CH3-].[CH3-].[CH3-].[Y].[Y].[Y]. The van der Waals surface area contributed by atoms with E-state index >= 15 is 0 Å². The maximum Gasteiger partial charge on any atom is 0.328 e. The van der Waals surface area contributed by atoms with Crippen LogP contribution in [0.5, 0.6) is 41.0 Å². The van der Waals surface area contributed by atoms with Crippen molar-refractivity contribution in [2.24, 2.45) is 4.99 Å². The van der Waals surface area contributed by atoms with Gasteiger partial charge in [0.05, 0.1) is 12.1 Å². The number of ether oxygens (including phenoxy) is 3. The largest absolute Gasteiger partial charge is 0.508 e. The average Bonchev–Trinajstić information content (AvgIpc) is 0.812. The molecule has 4 heterocycles. The number of benzene rings is 11. The van der Waals surface area contributed by atoms with Crippen LogP contribution in [0.1, 0.15) is 87.4 Å². The molecule has 30 nitrogen and oxygen atoms in total. The number of nitrogens with zero attached hydrogens (tertiary/aromatic N) is 13. The Balaban J connectivity index is 0.00000155.